The number of benzene rings is 2. The number of nitriles is 1. The Hall–Kier alpha value is -4.26. The van der Waals surface area contributed by atoms with E-state index in [4.69, 9.17) is 19.8 Å². The van der Waals surface area contributed by atoms with Gasteiger partial charge in [0.2, 0.25) is 11.0 Å². The number of carbonyl (C=O) groups excluding carboxylic acids is 2. The van der Waals surface area contributed by atoms with E-state index in [-0.39, 0.29) is 54.2 Å². The largest absolute Gasteiger partial charge is 0.480 e. The van der Waals surface area contributed by atoms with Crippen molar-refractivity contribution in [3.05, 3.63) is 59.2 Å². The highest BCUT2D eigenvalue weighted by Crippen LogP contribution is 2.39. The van der Waals surface area contributed by atoms with Gasteiger partial charge >= 0.3 is 12.1 Å². The highest BCUT2D eigenvalue weighted by molar-refractivity contribution is 7.67. The summed E-state index contributed by atoms with van der Waals surface area (Å²) in [5.41, 5.74) is -1.92. The van der Waals surface area contributed by atoms with Gasteiger partial charge in [-0.15, -0.1) is 0 Å². The zero-order chi connectivity index (χ0) is 32.5. The van der Waals surface area contributed by atoms with Crippen molar-refractivity contribution in [2.24, 2.45) is 0 Å². The number of aryl methyl sites for hydroxylation is 1. The number of carbonyl (C=O) groups is 3. The van der Waals surface area contributed by atoms with Crippen molar-refractivity contribution in [2.45, 2.75) is 44.8 Å². The molecule has 0 spiro atoms. The lowest BCUT2D eigenvalue weighted by molar-refractivity contribution is -0.142. The molecule has 1 aliphatic heterocycles. The molecule has 236 valence electrons. The predicted octanol–water partition coefficient (Wildman–Crippen LogP) is 3.07. The SMILES string of the molecule is CC1(C)C(=O)N(c2ccc(C#N)c(C(F)(F)F)c2)C(=S=O)N1c1ccc(CCCC(=O)NCCOCCOCC(=O)O)cc1. The molecule has 0 atom stereocenters. The number of hydrogen-bond acceptors (Lipinski definition) is 7. The summed E-state index contributed by atoms with van der Waals surface area (Å²) >= 11 is -0.0269. The van der Waals surface area contributed by atoms with Crippen molar-refractivity contribution in [3.8, 4) is 6.07 Å². The normalized spacial score (nSPS) is 14.5. The van der Waals surface area contributed by atoms with Crippen LogP contribution in [0.3, 0.4) is 0 Å². The maximum Gasteiger partial charge on any atom is 0.417 e. The minimum absolute atomic E-state index is 0.0269. The molecular weight excluding hydrogens is 605 g/mol. The molecule has 15 heteroatoms. The molecule has 3 rings (SSSR count). The second-order valence-electron chi connectivity index (χ2n) is 10.2. The smallest absolute Gasteiger partial charge is 0.417 e. The number of ether oxygens (including phenoxy) is 2. The van der Waals surface area contributed by atoms with E-state index in [1.54, 1.807) is 38.1 Å². The van der Waals surface area contributed by atoms with Crippen LogP contribution in [0, 0.1) is 11.3 Å². The first-order chi connectivity index (χ1) is 20.8. The average molecular weight is 637 g/mol. The number of amides is 2. The molecule has 0 aromatic heterocycles. The van der Waals surface area contributed by atoms with Crippen LogP contribution >= 0.6 is 0 Å². The summed E-state index contributed by atoms with van der Waals surface area (Å²) in [7, 11) is 0. The number of aliphatic carboxylic acids is 1. The van der Waals surface area contributed by atoms with Gasteiger partial charge in [-0.1, -0.05) is 12.1 Å². The van der Waals surface area contributed by atoms with Crippen LogP contribution in [-0.2, 0) is 47.7 Å². The Balaban J connectivity index is 1.60. The number of nitrogens with zero attached hydrogens (tertiary/aromatic N) is 3. The molecule has 2 N–H and O–H groups in total. The van der Waals surface area contributed by atoms with Gasteiger partial charge in [0.25, 0.3) is 5.91 Å². The van der Waals surface area contributed by atoms with Crippen molar-refractivity contribution in [2.75, 3.05) is 42.8 Å². The van der Waals surface area contributed by atoms with Crippen molar-refractivity contribution in [3.63, 3.8) is 0 Å². The summed E-state index contributed by atoms with van der Waals surface area (Å²) in [6.07, 6.45) is -3.46. The lowest BCUT2D eigenvalue weighted by Gasteiger charge is -2.29. The van der Waals surface area contributed by atoms with Gasteiger partial charge < -0.3 is 24.8 Å². The molecule has 1 aliphatic rings. The average Bonchev–Trinajstić information content (AvgIpc) is 3.18. The molecule has 2 aromatic carbocycles. The van der Waals surface area contributed by atoms with E-state index < -0.39 is 41.3 Å². The fraction of sp³-hybridized carbons (Fsp3) is 0.414. The first-order valence-electron chi connectivity index (χ1n) is 13.5. The molecule has 0 aliphatic carbocycles. The molecule has 2 amide bonds. The lowest BCUT2D eigenvalue weighted by Crippen LogP contribution is -2.44. The van der Waals surface area contributed by atoms with Crippen LogP contribution in [-0.4, -0.2) is 70.7 Å². The number of anilines is 2. The van der Waals surface area contributed by atoms with E-state index in [2.05, 4.69) is 5.32 Å². The molecule has 1 saturated heterocycles. The number of carboxylic acid groups (broad SMARTS) is 1. The third-order valence-corrected chi connectivity index (χ3v) is 7.17. The third kappa shape index (κ3) is 8.43. The van der Waals surface area contributed by atoms with E-state index in [0.29, 0.717) is 31.1 Å². The van der Waals surface area contributed by atoms with Gasteiger partial charge in [0.05, 0.1) is 42.7 Å². The number of halogens is 3. The summed E-state index contributed by atoms with van der Waals surface area (Å²) in [6.45, 7) is 3.62. The van der Waals surface area contributed by atoms with Gasteiger partial charge in [0.15, 0.2) is 0 Å². The van der Waals surface area contributed by atoms with E-state index >= 15 is 0 Å². The van der Waals surface area contributed by atoms with Gasteiger partial charge in [-0.05, 0) is 62.6 Å². The van der Waals surface area contributed by atoms with Crippen LogP contribution < -0.4 is 15.1 Å². The van der Waals surface area contributed by atoms with Crippen LogP contribution in [0.5, 0.6) is 0 Å². The van der Waals surface area contributed by atoms with Gasteiger partial charge in [-0.3, -0.25) is 14.5 Å². The summed E-state index contributed by atoms with van der Waals surface area (Å²) in [5, 5.41) is 20.2. The Morgan fingerprint density at radius 2 is 1.73 bits per heavy atom. The number of hydrogen-bond donors (Lipinski definition) is 2. The number of alkyl halides is 3. The van der Waals surface area contributed by atoms with Crippen LogP contribution in [0.1, 0.15) is 43.4 Å². The monoisotopic (exact) mass is 636 g/mol. The fourth-order valence-electron chi connectivity index (χ4n) is 4.53. The summed E-state index contributed by atoms with van der Waals surface area (Å²) in [5.74, 6) is -1.83. The second-order valence-corrected chi connectivity index (χ2v) is 10.7. The topological polar surface area (TPSA) is 149 Å². The van der Waals surface area contributed by atoms with Gasteiger partial charge in [-0.25, -0.2) is 9.00 Å². The predicted molar refractivity (Wildman–Crippen MR) is 155 cm³/mol. The molecule has 0 saturated carbocycles. The van der Waals surface area contributed by atoms with Crippen LogP contribution in [0.4, 0.5) is 24.5 Å². The van der Waals surface area contributed by atoms with Crippen molar-refractivity contribution in [1.29, 1.82) is 5.26 Å². The minimum atomic E-state index is -4.84. The highest BCUT2D eigenvalue weighted by atomic mass is 32.1. The first kappa shape index (κ1) is 34.2. The molecule has 11 nitrogen and oxygen atoms in total. The third-order valence-electron chi connectivity index (χ3n) is 6.66. The van der Waals surface area contributed by atoms with Crippen LogP contribution in [0.2, 0.25) is 0 Å². The van der Waals surface area contributed by atoms with E-state index in [9.17, 15) is 31.8 Å². The quantitative estimate of drug-likeness (QED) is 0.236. The Morgan fingerprint density at radius 1 is 1.07 bits per heavy atom. The first-order valence-corrected chi connectivity index (χ1v) is 14.2. The van der Waals surface area contributed by atoms with Crippen LogP contribution in [0.25, 0.3) is 0 Å². The zero-order valence-electron chi connectivity index (χ0n) is 24.0. The minimum Gasteiger partial charge on any atom is -0.480 e. The Bertz CT molecular complexity index is 1470. The molecule has 0 unspecified atom stereocenters. The van der Waals surface area contributed by atoms with Gasteiger partial charge in [-0.2, -0.15) is 18.4 Å². The second kappa shape index (κ2) is 15.0. The van der Waals surface area contributed by atoms with E-state index in [1.165, 1.54) is 17.0 Å². The maximum absolute atomic E-state index is 13.6. The van der Waals surface area contributed by atoms with Gasteiger partial charge in [0, 0.05) is 18.7 Å². The van der Waals surface area contributed by atoms with Crippen LogP contribution in [0.15, 0.2) is 42.5 Å². The molecule has 2 aromatic rings. The van der Waals surface area contributed by atoms with E-state index in [0.717, 1.165) is 16.5 Å². The molecule has 1 fully saturated rings. The molecule has 0 bridgehead atoms. The number of rotatable bonds is 14. The summed E-state index contributed by atoms with van der Waals surface area (Å²) in [6, 6.07) is 11.3. The lowest BCUT2D eigenvalue weighted by atomic mass is 10.0. The molecule has 0 radical (unpaired) electrons. The standard InChI is InChI=1S/C29H31F3N4O7S/c1-28(2)26(40)35(22-11-8-20(17-33)23(16-22)29(30,31)32)27(44-41)36(28)21-9-6-19(7-10-21)4-3-5-24(37)34-12-13-42-14-15-43-18-25(38)39/h6-11,16H,3-5,12-15,18H2,1-2H3,(H,34,37)(H,38,39). The van der Waals surface area contributed by atoms with Crippen molar-refractivity contribution < 1.29 is 46.3 Å². The van der Waals surface area contributed by atoms with E-state index in [1.807, 2.05) is 0 Å². The Labute approximate surface area is 255 Å². The zero-order valence-corrected chi connectivity index (χ0v) is 24.8. The highest BCUT2D eigenvalue weighted by Gasteiger charge is 2.51. The molecule has 44 heavy (non-hydrogen) atoms. The number of carboxylic acids is 1. The molecular formula is C29H31F3N4O7S. The van der Waals surface area contributed by atoms with Crippen molar-refractivity contribution >= 4 is 45.5 Å². The summed E-state index contributed by atoms with van der Waals surface area (Å²) < 4.78 is 63.2. The Morgan fingerprint density at radius 3 is 2.34 bits per heavy atom. The van der Waals surface area contributed by atoms with Crippen molar-refractivity contribution in [1.82, 2.24) is 5.32 Å². The number of nitrogens with one attached hydrogen (secondary N) is 1. The summed E-state index contributed by atoms with van der Waals surface area (Å²) in [4.78, 5) is 38.3. The van der Waals surface area contributed by atoms with Gasteiger partial charge in [0.1, 0.15) is 23.4 Å². The molecule has 1 heterocycles. The maximum atomic E-state index is 13.6. The Kier molecular flexibility index (Phi) is 11.6. The fourth-order valence-corrected chi connectivity index (χ4v) is 5.20.